The van der Waals surface area contributed by atoms with Crippen LogP contribution >= 0.6 is 11.3 Å². The average molecular weight is 281 g/mol. The number of aromatic nitrogens is 1. The quantitative estimate of drug-likeness (QED) is 0.898. The van der Waals surface area contributed by atoms with E-state index >= 15 is 0 Å². The molecular formula is C13H19N3O2S. The van der Waals surface area contributed by atoms with E-state index in [4.69, 9.17) is 0 Å². The molecule has 0 saturated carbocycles. The molecule has 0 bridgehead atoms. The maximum atomic E-state index is 12.1. The lowest BCUT2D eigenvalue weighted by atomic mass is 10.1. The number of hydrogen-bond donors (Lipinski definition) is 1. The predicted octanol–water partition coefficient (Wildman–Crippen LogP) is 2.04. The molecule has 1 aromatic rings. The number of nitrogens with zero attached hydrogens (tertiary/aromatic N) is 2. The first-order chi connectivity index (χ1) is 9.10. The largest absolute Gasteiger partial charge is 0.342 e. The lowest BCUT2D eigenvalue weighted by Crippen LogP contribution is -2.29. The van der Waals surface area contributed by atoms with E-state index in [1.807, 2.05) is 12.3 Å². The molecule has 2 amide bonds. The number of thiazole rings is 1. The van der Waals surface area contributed by atoms with Crippen molar-refractivity contribution in [1.82, 2.24) is 9.88 Å². The monoisotopic (exact) mass is 281 g/mol. The Bertz CT molecular complexity index is 472. The molecule has 0 radical (unpaired) electrons. The van der Waals surface area contributed by atoms with E-state index in [0.717, 1.165) is 25.1 Å². The number of hydrogen-bond acceptors (Lipinski definition) is 4. The van der Waals surface area contributed by atoms with Gasteiger partial charge in [-0.15, -0.1) is 11.3 Å². The van der Waals surface area contributed by atoms with Gasteiger partial charge in [-0.2, -0.15) is 0 Å². The number of nitrogens with one attached hydrogen (secondary N) is 1. The Hall–Kier alpha value is -1.43. The van der Waals surface area contributed by atoms with Crippen molar-refractivity contribution in [2.24, 2.45) is 5.92 Å². The van der Waals surface area contributed by atoms with Crippen LogP contribution in [-0.2, 0) is 9.59 Å². The molecule has 1 aliphatic heterocycles. The molecule has 1 saturated heterocycles. The fraction of sp³-hybridized carbons (Fsp3) is 0.615. The molecule has 1 atom stereocenters. The van der Waals surface area contributed by atoms with E-state index in [9.17, 15) is 9.59 Å². The molecule has 0 aliphatic carbocycles. The molecule has 2 rings (SSSR count). The smallest absolute Gasteiger partial charge is 0.231 e. The summed E-state index contributed by atoms with van der Waals surface area (Å²) < 4.78 is 0. The van der Waals surface area contributed by atoms with Crippen molar-refractivity contribution in [3.05, 3.63) is 11.1 Å². The molecule has 0 aromatic carbocycles. The Labute approximate surface area is 117 Å². The van der Waals surface area contributed by atoms with Crippen LogP contribution < -0.4 is 5.32 Å². The van der Waals surface area contributed by atoms with Gasteiger partial charge in [0.05, 0.1) is 11.6 Å². The molecule has 1 fully saturated rings. The molecule has 104 valence electrons. The molecule has 19 heavy (non-hydrogen) atoms. The van der Waals surface area contributed by atoms with Crippen LogP contribution in [0.3, 0.4) is 0 Å². The molecule has 1 aromatic heterocycles. The molecular weight excluding hydrogens is 262 g/mol. The Balaban J connectivity index is 1.89. The zero-order chi connectivity index (χ0) is 13.8. The average Bonchev–Trinajstić information content (AvgIpc) is 2.93. The Morgan fingerprint density at radius 3 is 3.05 bits per heavy atom. The van der Waals surface area contributed by atoms with Crippen molar-refractivity contribution >= 4 is 28.3 Å². The molecule has 0 spiro atoms. The van der Waals surface area contributed by atoms with E-state index in [-0.39, 0.29) is 17.7 Å². The summed E-state index contributed by atoms with van der Waals surface area (Å²) in [5, 5.41) is 5.30. The molecule has 6 heteroatoms. The molecule has 5 nitrogen and oxygen atoms in total. The van der Waals surface area contributed by atoms with Gasteiger partial charge in [-0.1, -0.05) is 13.3 Å². The molecule has 1 N–H and O–H groups in total. The standard InChI is InChI=1S/C13H19N3O2S/c1-3-4-5-16-7-10(6-11(16)17)12(18)15-13-14-9(2)8-19-13/h8,10H,3-7H2,1-2H3,(H,14,15,18). The van der Waals surface area contributed by atoms with Crippen LogP contribution in [0.25, 0.3) is 0 Å². The lowest BCUT2D eigenvalue weighted by molar-refractivity contribution is -0.128. The first-order valence-electron chi connectivity index (χ1n) is 6.61. The van der Waals surface area contributed by atoms with Gasteiger partial charge in [0.2, 0.25) is 11.8 Å². The third-order valence-electron chi connectivity index (χ3n) is 3.22. The predicted molar refractivity (Wildman–Crippen MR) is 75.1 cm³/mol. The number of rotatable bonds is 5. The first kappa shape index (κ1) is 14.0. The van der Waals surface area contributed by atoms with Gasteiger partial charge in [-0.3, -0.25) is 9.59 Å². The van der Waals surface area contributed by atoms with Gasteiger partial charge in [0.1, 0.15) is 0 Å². The summed E-state index contributed by atoms with van der Waals surface area (Å²) in [6, 6.07) is 0. The summed E-state index contributed by atoms with van der Waals surface area (Å²) in [5.74, 6) is -0.251. The van der Waals surface area contributed by atoms with Gasteiger partial charge >= 0.3 is 0 Å². The summed E-state index contributed by atoms with van der Waals surface area (Å²) in [6.45, 7) is 5.28. The van der Waals surface area contributed by atoms with E-state index in [1.54, 1.807) is 4.90 Å². The highest BCUT2D eigenvalue weighted by Crippen LogP contribution is 2.21. The second-order valence-electron chi connectivity index (χ2n) is 4.88. The van der Waals surface area contributed by atoms with Gasteiger partial charge in [-0.25, -0.2) is 4.98 Å². The zero-order valence-corrected chi connectivity index (χ0v) is 12.1. The van der Waals surface area contributed by atoms with Crippen LogP contribution in [0.1, 0.15) is 31.9 Å². The topological polar surface area (TPSA) is 62.3 Å². The normalized spacial score (nSPS) is 18.9. The minimum atomic E-state index is -0.242. The number of unbranched alkanes of at least 4 members (excludes halogenated alkanes) is 1. The van der Waals surface area contributed by atoms with Gasteiger partial charge in [0.25, 0.3) is 0 Å². The van der Waals surface area contributed by atoms with Crippen molar-refractivity contribution in [3.8, 4) is 0 Å². The maximum Gasteiger partial charge on any atom is 0.231 e. The SMILES string of the molecule is CCCCN1CC(C(=O)Nc2nc(C)cs2)CC1=O. The van der Waals surface area contributed by atoms with Crippen LogP contribution in [0, 0.1) is 12.8 Å². The third kappa shape index (κ3) is 3.53. The minimum Gasteiger partial charge on any atom is -0.342 e. The van der Waals surface area contributed by atoms with E-state index in [1.165, 1.54) is 11.3 Å². The third-order valence-corrected chi connectivity index (χ3v) is 4.09. The highest BCUT2D eigenvalue weighted by molar-refractivity contribution is 7.13. The van der Waals surface area contributed by atoms with Gasteiger partial charge in [0, 0.05) is 24.9 Å². The number of carbonyl (C=O) groups is 2. The van der Waals surface area contributed by atoms with Crippen LogP contribution in [0.5, 0.6) is 0 Å². The fourth-order valence-corrected chi connectivity index (χ4v) is 2.82. The van der Waals surface area contributed by atoms with E-state index < -0.39 is 0 Å². The van der Waals surface area contributed by atoms with Crippen molar-refractivity contribution in [2.75, 3.05) is 18.4 Å². The van der Waals surface area contributed by atoms with Crippen LogP contribution in [0.2, 0.25) is 0 Å². The van der Waals surface area contributed by atoms with E-state index in [2.05, 4.69) is 17.2 Å². The molecule has 1 aliphatic rings. The summed E-state index contributed by atoms with van der Waals surface area (Å²) in [5.41, 5.74) is 0.896. The van der Waals surface area contributed by atoms with Crippen molar-refractivity contribution in [2.45, 2.75) is 33.1 Å². The fourth-order valence-electron chi connectivity index (χ4n) is 2.13. The van der Waals surface area contributed by atoms with Crippen LogP contribution in [0.4, 0.5) is 5.13 Å². The van der Waals surface area contributed by atoms with Gasteiger partial charge in [0.15, 0.2) is 5.13 Å². The number of amides is 2. The van der Waals surface area contributed by atoms with Crippen LogP contribution in [0.15, 0.2) is 5.38 Å². The minimum absolute atomic E-state index is 0.0870. The number of aryl methyl sites for hydroxylation is 1. The summed E-state index contributed by atoms with van der Waals surface area (Å²) in [4.78, 5) is 29.8. The summed E-state index contributed by atoms with van der Waals surface area (Å²) in [6.07, 6.45) is 2.37. The zero-order valence-electron chi connectivity index (χ0n) is 11.3. The van der Waals surface area contributed by atoms with Crippen molar-refractivity contribution in [1.29, 1.82) is 0 Å². The number of likely N-dealkylation sites (tertiary alicyclic amines) is 1. The second kappa shape index (κ2) is 6.14. The maximum absolute atomic E-state index is 12.1. The summed E-state index contributed by atoms with van der Waals surface area (Å²) in [7, 11) is 0. The van der Waals surface area contributed by atoms with Crippen molar-refractivity contribution < 1.29 is 9.59 Å². The lowest BCUT2D eigenvalue weighted by Gasteiger charge is -2.15. The second-order valence-corrected chi connectivity index (χ2v) is 5.74. The Kier molecular flexibility index (Phi) is 4.52. The Morgan fingerprint density at radius 1 is 1.63 bits per heavy atom. The van der Waals surface area contributed by atoms with Crippen molar-refractivity contribution in [3.63, 3.8) is 0 Å². The van der Waals surface area contributed by atoms with E-state index in [0.29, 0.717) is 18.1 Å². The molecule has 2 heterocycles. The van der Waals surface area contributed by atoms with Crippen LogP contribution in [-0.4, -0.2) is 34.8 Å². The first-order valence-corrected chi connectivity index (χ1v) is 7.49. The summed E-state index contributed by atoms with van der Waals surface area (Å²) >= 11 is 1.41. The highest BCUT2D eigenvalue weighted by Gasteiger charge is 2.34. The van der Waals surface area contributed by atoms with Gasteiger partial charge < -0.3 is 10.2 Å². The number of carbonyl (C=O) groups excluding carboxylic acids is 2. The Morgan fingerprint density at radius 2 is 2.42 bits per heavy atom. The number of anilines is 1. The highest BCUT2D eigenvalue weighted by atomic mass is 32.1. The molecule has 1 unspecified atom stereocenters. The van der Waals surface area contributed by atoms with Gasteiger partial charge in [-0.05, 0) is 13.3 Å².